The normalized spacial score (nSPS) is 12.1. The third-order valence-corrected chi connectivity index (χ3v) is 7.14. The number of carbonyl (C=O) groups excluding carboxylic acids is 1. The minimum Gasteiger partial charge on any atom is -0.484 e. The van der Waals surface area contributed by atoms with Gasteiger partial charge < -0.3 is 14.3 Å². The molecule has 0 fully saturated rings. The predicted octanol–water partition coefficient (Wildman–Crippen LogP) is 6.25. The SMILES string of the molecule is Cn1c(COc2ccccc2Cl)nnc1S[C@H](C(=O)c1c[nH]c2ccccc12)c1ccccc1. The number of aromatic nitrogens is 4. The highest BCUT2D eigenvalue weighted by Crippen LogP contribution is 2.38. The van der Waals surface area contributed by atoms with Gasteiger partial charge in [-0.15, -0.1) is 10.2 Å². The number of thioether (sulfide) groups is 1. The molecule has 0 aliphatic carbocycles. The van der Waals surface area contributed by atoms with E-state index in [9.17, 15) is 4.79 Å². The second kappa shape index (κ2) is 9.75. The van der Waals surface area contributed by atoms with Crippen LogP contribution in [0.2, 0.25) is 5.02 Å². The maximum atomic E-state index is 13.8. The van der Waals surface area contributed by atoms with Crippen LogP contribution in [0.1, 0.15) is 27.0 Å². The number of Topliss-reactive ketones (excluding diaryl/α,β-unsaturated/α-hetero) is 1. The van der Waals surface area contributed by atoms with Crippen molar-refractivity contribution in [1.82, 2.24) is 19.7 Å². The van der Waals surface area contributed by atoms with E-state index >= 15 is 0 Å². The van der Waals surface area contributed by atoms with E-state index in [4.69, 9.17) is 16.3 Å². The quantitative estimate of drug-likeness (QED) is 0.206. The lowest BCUT2D eigenvalue weighted by atomic mass is 10.0. The lowest BCUT2D eigenvalue weighted by Crippen LogP contribution is -2.11. The molecule has 5 aromatic rings. The molecule has 0 spiro atoms. The number of para-hydroxylation sites is 2. The van der Waals surface area contributed by atoms with Crippen LogP contribution in [0.5, 0.6) is 5.75 Å². The van der Waals surface area contributed by atoms with E-state index < -0.39 is 5.25 Å². The molecule has 34 heavy (non-hydrogen) atoms. The van der Waals surface area contributed by atoms with Gasteiger partial charge in [-0.25, -0.2) is 0 Å². The number of rotatable bonds is 8. The van der Waals surface area contributed by atoms with Crippen LogP contribution in [0.4, 0.5) is 0 Å². The second-order valence-electron chi connectivity index (χ2n) is 7.70. The molecule has 2 heterocycles. The van der Waals surface area contributed by atoms with E-state index in [1.807, 2.05) is 78.3 Å². The molecule has 2 aromatic heterocycles. The molecular weight excluding hydrogens is 468 g/mol. The van der Waals surface area contributed by atoms with Crippen molar-refractivity contribution in [2.45, 2.75) is 17.0 Å². The Morgan fingerprint density at radius 1 is 1.03 bits per heavy atom. The Morgan fingerprint density at radius 2 is 1.76 bits per heavy atom. The van der Waals surface area contributed by atoms with Crippen molar-refractivity contribution in [3.05, 3.63) is 107 Å². The van der Waals surface area contributed by atoms with Gasteiger partial charge in [0.25, 0.3) is 0 Å². The number of benzene rings is 3. The first-order chi connectivity index (χ1) is 16.6. The standard InChI is InChI=1S/C26H21ClN4O2S/c1-31-23(16-33-22-14-8-6-12-20(22)27)29-30-26(31)34-25(17-9-3-2-4-10-17)24(32)19-15-28-21-13-7-5-11-18(19)21/h2-15,25,28H,16H2,1H3/t25-/m0/s1. The van der Waals surface area contributed by atoms with Gasteiger partial charge in [-0.1, -0.05) is 84.0 Å². The number of aromatic amines is 1. The van der Waals surface area contributed by atoms with E-state index in [-0.39, 0.29) is 12.4 Å². The molecule has 0 amide bonds. The molecule has 6 nitrogen and oxygen atoms in total. The molecule has 170 valence electrons. The Hall–Kier alpha value is -3.55. The van der Waals surface area contributed by atoms with E-state index in [0.717, 1.165) is 16.5 Å². The lowest BCUT2D eigenvalue weighted by Gasteiger charge is -2.15. The minimum atomic E-state index is -0.486. The van der Waals surface area contributed by atoms with Crippen LogP contribution in [-0.4, -0.2) is 25.5 Å². The van der Waals surface area contributed by atoms with Crippen molar-refractivity contribution in [3.63, 3.8) is 0 Å². The number of ketones is 1. The summed E-state index contributed by atoms with van der Waals surface area (Å²) in [5.41, 5.74) is 2.49. The van der Waals surface area contributed by atoms with Crippen LogP contribution in [-0.2, 0) is 13.7 Å². The molecule has 0 aliphatic heterocycles. The Kier molecular flexibility index (Phi) is 6.38. The summed E-state index contributed by atoms with van der Waals surface area (Å²) in [7, 11) is 1.87. The summed E-state index contributed by atoms with van der Waals surface area (Å²) < 4.78 is 7.67. The van der Waals surface area contributed by atoms with Gasteiger partial charge in [-0.05, 0) is 23.8 Å². The van der Waals surface area contributed by atoms with Crippen molar-refractivity contribution < 1.29 is 9.53 Å². The highest BCUT2D eigenvalue weighted by Gasteiger charge is 2.27. The number of carbonyl (C=O) groups is 1. The number of nitrogens with zero attached hydrogens (tertiary/aromatic N) is 3. The number of fused-ring (bicyclic) bond motifs is 1. The van der Waals surface area contributed by atoms with Gasteiger partial charge in [0.05, 0.1) is 5.02 Å². The fraction of sp³-hybridized carbons (Fsp3) is 0.115. The van der Waals surface area contributed by atoms with Crippen molar-refractivity contribution in [2.75, 3.05) is 0 Å². The molecule has 0 saturated carbocycles. The van der Waals surface area contributed by atoms with Crippen molar-refractivity contribution in [3.8, 4) is 5.75 Å². The average molecular weight is 489 g/mol. The molecule has 8 heteroatoms. The van der Waals surface area contributed by atoms with E-state index in [1.54, 1.807) is 18.3 Å². The van der Waals surface area contributed by atoms with Gasteiger partial charge >= 0.3 is 0 Å². The van der Waals surface area contributed by atoms with E-state index in [2.05, 4.69) is 15.2 Å². The molecule has 3 aromatic carbocycles. The number of hydrogen-bond donors (Lipinski definition) is 1. The first-order valence-electron chi connectivity index (χ1n) is 10.7. The summed E-state index contributed by atoms with van der Waals surface area (Å²) in [6.45, 7) is 0.209. The van der Waals surface area contributed by atoms with Gasteiger partial charge in [-0.2, -0.15) is 0 Å². The Morgan fingerprint density at radius 3 is 2.59 bits per heavy atom. The number of nitrogens with one attached hydrogen (secondary N) is 1. The zero-order chi connectivity index (χ0) is 23.5. The predicted molar refractivity (Wildman–Crippen MR) is 134 cm³/mol. The van der Waals surface area contributed by atoms with Crippen molar-refractivity contribution >= 4 is 40.0 Å². The Bertz CT molecular complexity index is 1450. The Labute approximate surface area is 205 Å². The van der Waals surface area contributed by atoms with Crippen LogP contribution in [0, 0.1) is 0 Å². The van der Waals surface area contributed by atoms with Gasteiger partial charge in [-0.3, -0.25) is 4.79 Å². The molecule has 0 aliphatic rings. The topological polar surface area (TPSA) is 72.8 Å². The van der Waals surface area contributed by atoms with Crippen LogP contribution < -0.4 is 4.74 Å². The summed E-state index contributed by atoms with van der Waals surface area (Å²) in [4.78, 5) is 17.0. The maximum Gasteiger partial charge on any atom is 0.192 e. The minimum absolute atomic E-state index is 0.00511. The Balaban J connectivity index is 1.42. The first-order valence-corrected chi connectivity index (χ1v) is 11.9. The summed E-state index contributed by atoms with van der Waals surface area (Å²) in [5.74, 6) is 1.22. The van der Waals surface area contributed by atoms with Gasteiger partial charge in [0.15, 0.2) is 16.8 Å². The molecule has 0 radical (unpaired) electrons. The number of ether oxygens (including phenoxy) is 1. The summed E-state index contributed by atoms with van der Waals surface area (Å²) in [6, 6.07) is 24.8. The fourth-order valence-electron chi connectivity index (χ4n) is 3.70. The number of halogens is 1. The first kappa shape index (κ1) is 22.3. The van der Waals surface area contributed by atoms with Crippen LogP contribution in [0.3, 0.4) is 0 Å². The monoisotopic (exact) mass is 488 g/mol. The van der Waals surface area contributed by atoms with Gasteiger partial charge in [0, 0.05) is 29.7 Å². The zero-order valence-electron chi connectivity index (χ0n) is 18.3. The summed E-state index contributed by atoms with van der Waals surface area (Å²) in [6.07, 6.45) is 1.78. The number of H-pyrrole nitrogens is 1. The molecule has 0 bridgehead atoms. The summed E-state index contributed by atoms with van der Waals surface area (Å²) >= 11 is 7.56. The van der Waals surface area contributed by atoms with Crippen LogP contribution in [0.25, 0.3) is 10.9 Å². The van der Waals surface area contributed by atoms with Crippen LogP contribution >= 0.6 is 23.4 Å². The van der Waals surface area contributed by atoms with Gasteiger partial charge in [0.1, 0.15) is 17.6 Å². The van der Waals surface area contributed by atoms with Crippen molar-refractivity contribution in [1.29, 1.82) is 0 Å². The number of hydrogen-bond acceptors (Lipinski definition) is 5. The molecular formula is C26H21ClN4O2S. The highest BCUT2D eigenvalue weighted by atomic mass is 35.5. The molecule has 5 rings (SSSR count). The van der Waals surface area contributed by atoms with E-state index in [1.165, 1.54) is 11.8 Å². The second-order valence-corrected chi connectivity index (χ2v) is 9.18. The zero-order valence-corrected chi connectivity index (χ0v) is 19.9. The summed E-state index contributed by atoms with van der Waals surface area (Å²) in [5, 5.41) is 10.2. The smallest absolute Gasteiger partial charge is 0.192 e. The highest BCUT2D eigenvalue weighted by molar-refractivity contribution is 8.00. The van der Waals surface area contributed by atoms with Crippen LogP contribution in [0.15, 0.2) is 90.2 Å². The molecule has 0 saturated heterocycles. The lowest BCUT2D eigenvalue weighted by molar-refractivity contribution is 0.0991. The van der Waals surface area contributed by atoms with Gasteiger partial charge in [0.2, 0.25) is 0 Å². The van der Waals surface area contributed by atoms with E-state index in [0.29, 0.717) is 27.3 Å². The molecule has 1 atom stereocenters. The molecule has 1 N–H and O–H groups in total. The molecule has 0 unspecified atom stereocenters. The third-order valence-electron chi connectivity index (χ3n) is 5.54. The third kappa shape index (κ3) is 4.44. The fourth-order valence-corrected chi connectivity index (χ4v) is 4.98. The average Bonchev–Trinajstić information content (AvgIpc) is 3.45. The van der Waals surface area contributed by atoms with Crippen molar-refractivity contribution in [2.24, 2.45) is 7.05 Å². The largest absolute Gasteiger partial charge is 0.484 e. The maximum absolute atomic E-state index is 13.8.